The van der Waals surface area contributed by atoms with Gasteiger partial charge in [0.25, 0.3) is 5.91 Å². The summed E-state index contributed by atoms with van der Waals surface area (Å²) in [6, 6.07) is 6.55. The molecule has 0 spiro atoms. The van der Waals surface area contributed by atoms with Gasteiger partial charge >= 0.3 is 11.9 Å². The first-order valence-corrected chi connectivity index (χ1v) is 11.9. The normalized spacial score (nSPS) is 15.8. The Labute approximate surface area is 200 Å². The van der Waals surface area contributed by atoms with E-state index in [-0.39, 0.29) is 12.2 Å². The molecule has 0 saturated carbocycles. The van der Waals surface area contributed by atoms with Crippen molar-refractivity contribution in [3.63, 3.8) is 0 Å². The third-order valence-corrected chi connectivity index (χ3v) is 6.75. The molecule has 1 aliphatic carbocycles. The van der Waals surface area contributed by atoms with Crippen molar-refractivity contribution in [2.75, 3.05) is 11.9 Å². The number of tetrazole rings is 1. The number of esters is 2. The summed E-state index contributed by atoms with van der Waals surface area (Å²) < 4.78 is 12.0. The molecule has 34 heavy (non-hydrogen) atoms. The lowest BCUT2D eigenvalue weighted by atomic mass is 9.88. The molecule has 2 heterocycles. The maximum Gasteiger partial charge on any atom is 0.341 e. The van der Waals surface area contributed by atoms with E-state index < -0.39 is 23.9 Å². The Morgan fingerprint density at radius 3 is 2.85 bits per heavy atom. The van der Waals surface area contributed by atoms with E-state index in [1.165, 1.54) is 29.3 Å². The first kappa shape index (κ1) is 23.6. The van der Waals surface area contributed by atoms with Crippen LogP contribution in [-0.2, 0) is 27.1 Å². The second-order valence-electron chi connectivity index (χ2n) is 8.12. The Morgan fingerprint density at radius 2 is 2.12 bits per heavy atom. The predicted molar refractivity (Wildman–Crippen MR) is 124 cm³/mol. The molecule has 3 aromatic rings. The highest BCUT2D eigenvalue weighted by atomic mass is 32.1. The molecule has 1 N–H and O–H groups in total. The van der Waals surface area contributed by atoms with E-state index in [2.05, 4.69) is 27.8 Å². The van der Waals surface area contributed by atoms with Gasteiger partial charge in [-0.25, -0.2) is 14.3 Å². The summed E-state index contributed by atoms with van der Waals surface area (Å²) in [5.74, 6) is -1.13. The van der Waals surface area contributed by atoms with Gasteiger partial charge in [0, 0.05) is 4.88 Å². The molecule has 2 unspecified atom stereocenters. The molecule has 1 aromatic carbocycles. The van der Waals surface area contributed by atoms with E-state index in [4.69, 9.17) is 9.47 Å². The number of ether oxygens (including phenoxy) is 2. The van der Waals surface area contributed by atoms with Gasteiger partial charge in [0.15, 0.2) is 6.10 Å². The van der Waals surface area contributed by atoms with Crippen LogP contribution < -0.4 is 5.32 Å². The Morgan fingerprint density at radius 1 is 1.29 bits per heavy atom. The highest BCUT2D eigenvalue weighted by molar-refractivity contribution is 7.17. The van der Waals surface area contributed by atoms with Crippen molar-refractivity contribution in [2.45, 2.75) is 46.1 Å². The van der Waals surface area contributed by atoms with Gasteiger partial charge in [0.2, 0.25) is 0 Å². The van der Waals surface area contributed by atoms with Crippen LogP contribution in [0.25, 0.3) is 5.69 Å². The van der Waals surface area contributed by atoms with Crippen molar-refractivity contribution < 1.29 is 23.9 Å². The van der Waals surface area contributed by atoms with Crippen LogP contribution in [0.2, 0.25) is 0 Å². The molecule has 0 radical (unpaired) electrons. The lowest BCUT2D eigenvalue weighted by Crippen LogP contribution is -2.30. The summed E-state index contributed by atoms with van der Waals surface area (Å²) >= 11 is 1.39. The maximum atomic E-state index is 12.9. The predicted octanol–water partition coefficient (Wildman–Crippen LogP) is 3.21. The van der Waals surface area contributed by atoms with Crippen LogP contribution >= 0.6 is 11.3 Å². The number of anilines is 1. The summed E-state index contributed by atoms with van der Waals surface area (Å²) in [4.78, 5) is 39.3. The van der Waals surface area contributed by atoms with Gasteiger partial charge < -0.3 is 14.8 Å². The molecular formula is C23H25N5O5S. The Balaban J connectivity index is 1.48. The molecule has 2 atom stereocenters. The van der Waals surface area contributed by atoms with E-state index in [9.17, 15) is 14.4 Å². The molecule has 0 saturated heterocycles. The van der Waals surface area contributed by atoms with Crippen molar-refractivity contribution in [1.29, 1.82) is 0 Å². The van der Waals surface area contributed by atoms with Crippen molar-refractivity contribution in [1.82, 2.24) is 20.2 Å². The summed E-state index contributed by atoms with van der Waals surface area (Å²) in [5.41, 5.74) is 2.19. The average Bonchev–Trinajstić information content (AvgIpc) is 3.47. The molecule has 0 fully saturated rings. The van der Waals surface area contributed by atoms with E-state index >= 15 is 0 Å². The quantitative estimate of drug-likeness (QED) is 0.508. The van der Waals surface area contributed by atoms with Crippen LogP contribution in [0.3, 0.4) is 0 Å². The van der Waals surface area contributed by atoms with Gasteiger partial charge in [-0.3, -0.25) is 4.79 Å². The Kier molecular flexibility index (Phi) is 7.01. The fourth-order valence-corrected chi connectivity index (χ4v) is 5.21. The number of amides is 1. The van der Waals surface area contributed by atoms with Gasteiger partial charge in [0.1, 0.15) is 11.3 Å². The number of carbonyl (C=O) groups is 3. The average molecular weight is 484 g/mol. The lowest BCUT2D eigenvalue weighted by molar-refractivity contribution is -0.123. The monoisotopic (exact) mass is 483 g/mol. The molecular weight excluding hydrogens is 458 g/mol. The molecule has 4 rings (SSSR count). The second kappa shape index (κ2) is 10.1. The number of aromatic nitrogens is 4. The first-order chi connectivity index (χ1) is 16.4. The number of hydrogen-bond acceptors (Lipinski definition) is 9. The van der Waals surface area contributed by atoms with E-state index in [1.807, 2.05) is 0 Å². The molecule has 2 aromatic heterocycles. The molecule has 10 nitrogen and oxygen atoms in total. The second-order valence-corrected chi connectivity index (χ2v) is 9.22. The number of fused-ring (bicyclic) bond motifs is 1. The van der Waals surface area contributed by atoms with Crippen LogP contribution in [0.5, 0.6) is 0 Å². The Hall–Kier alpha value is -3.60. The number of benzene rings is 1. The van der Waals surface area contributed by atoms with Gasteiger partial charge in [0.05, 0.1) is 23.4 Å². The van der Waals surface area contributed by atoms with E-state index in [1.54, 1.807) is 31.2 Å². The van der Waals surface area contributed by atoms with E-state index in [0.29, 0.717) is 22.2 Å². The zero-order valence-corrected chi connectivity index (χ0v) is 19.9. The summed E-state index contributed by atoms with van der Waals surface area (Å²) in [5, 5.41) is 14.2. The number of thiophene rings is 1. The van der Waals surface area contributed by atoms with Crippen molar-refractivity contribution in [2.24, 2.45) is 5.92 Å². The van der Waals surface area contributed by atoms with Gasteiger partial charge in [-0.05, 0) is 73.2 Å². The highest BCUT2D eigenvalue weighted by Crippen LogP contribution is 2.40. The van der Waals surface area contributed by atoms with Crippen LogP contribution in [-0.4, -0.2) is 50.8 Å². The zero-order chi connectivity index (χ0) is 24.2. The van der Waals surface area contributed by atoms with E-state index in [0.717, 1.165) is 29.7 Å². The zero-order valence-electron chi connectivity index (χ0n) is 19.1. The third-order valence-electron chi connectivity index (χ3n) is 5.58. The first-order valence-electron chi connectivity index (χ1n) is 11.0. The fraction of sp³-hybridized carbons (Fsp3) is 0.391. The third kappa shape index (κ3) is 4.98. The minimum Gasteiger partial charge on any atom is -0.462 e. The fourth-order valence-electron chi connectivity index (χ4n) is 3.81. The molecule has 1 aliphatic rings. The van der Waals surface area contributed by atoms with Crippen molar-refractivity contribution >= 4 is 34.2 Å². The van der Waals surface area contributed by atoms with Crippen LogP contribution in [0.15, 0.2) is 30.6 Å². The lowest BCUT2D eigenvalue weighted by Gasteiger charge is -2.18. The Bertz CT molecular complexity index is 1210. The highest BCUT2D eigenvalue weighted by Gasteiger charge is 2.30. The summed E-state index contributed by atoms with van der Waals surface area (Å²) in [6.07, 6.45) is 2.91. The molecule has 11 heteroatoms. The maximum absolute atomic E-state index is 12.9. The minimum atomic E-state index is -1.09. The number of nitrogens with zero attached hydrogens (tertiary/aromatic N) is 4. The topological polar surface area (TPSA) is 125 Å². The minimum absolute atomic E-state index is 0.241. The largest absolute Gasteiger partial charge is 0.462 e. The van der Waals surface area contributed by atoms with Crippen molar-refractivity contribution in [3.05, 3.63) is 52.2 Å². The van der Waals surface area contributed by atoms with Crippen LogP contribution in [0.1, 0.15) is 58.3 Å². The van der Waals surface area contributed by atoms with Gasteiger partial charge in [-0.15, -0.1) is 16.4 Å². The number of nitrogens with one attached hydrogen (secondary N) is 1. The number of carbonyl (C=O) groups excluding carboxylic acids is 3. The van der Waals surface area contributed by atoms with Crippen molar-refractivity contribution in [3.8, 4) is 5.69 Å². The SMILES string of the molecule is CCOC(=O)c1c(NC(=O)C(C)OC(=O)c2cccc(-n3cnnn3)c2)sc2c1CCC(C)C2. The molecule has 0 bridgehead atoms. The standard InChI is InChI=1S/C23H25N5O5S/c1-4-32-23(31)19-17-9-8-13(2)10-18(17)34-21(19)25-20(29)14(3)33-22(30)15-6-5-7-16(11-15)28-12-24-26-27-28/h5-7,11-14H,4,8-10H2,1-3H3,(H,25,29). The summed E-state index contributed by atoms with van der Waals surface area (Å²) in [6.45, 7) is 5.64. The van der Waals surface area contributed by atoms with Crippen LogP contribution in [0, 0.1) is 5.92 Å². The van der Waals surface area contributed by atoms with Gasteiger partial charge in [-0.2, -0.15) is 0 Å². The number of hydrogen-bond donors (Lipinski definition) is 1. The number of rotatable bonds is 7. The van der Waals surface area contributed by atoms with Gasteiger partial charge in [-0.1, -0.05) is 13.0 Å². The van der Waals surface area contributed by atoms with Crippen LogP contribution in [0.4, 0.5) is 5.00 Å². The summed E-state index contributed by atoms with van der Waals surface area (Å²) in [7, 11) is 0. The molecule has 1 amide bonds. The molecule has 178 valence electrons. The smallest absolute Gasteiger partial charge is 0.341 e. The molecule has 0 aliphatic heterocycles.